The number of rotatable bonds is 5. The van der Waals surface area contributed by atoms with Crippen LogP contribution in [0.1, 0.15) is 29.2 Å². The third-order valence-corrected chi connectivity index (χ3v) is 4.15. The SMILES string of the molecule is Cc1csc(C(C)NC(=O)[C@@H](N)Cc2ccccc2)n1.Cl.Cl. The van der Waals surface area contributed by atoms with E-state index in [-0.39, 0.29) is 36.8 Å². The number of halogens is 2. The van der Waals surface area contributed by atoms with Gasteiger partial charge in [-0.25, -0.2) is 4.98 Å². The van der Waals surface area contributed by atoms with Gasteiger partial charge < -0.3 is 11.1 Å². The summed E-state index contributed by atoms with van der Waals surface area (Å²) in [6, 6.07) is 9.13. The van der Waals surface area contributed by atoms with Crippen LogP contribution in [0, 0.1) is 6.92 Å². The summed E-state index contributed by atoms with van der Waals surface area (Å²) in [5, 5.41) is 5.79. The molecule has 1 amide bonds. The lowest BCUT2D eigenvalue weighted by Crippen LogP contribution is -2.42. The highest BCUT2D eigenvalue weighted by Gasteiger charge is 2.18. The second-order valence-corrected chi connectivity index (χ2v) is 5.74. The molecule has 2 rings (SSSR count). The Bertz CT molecular complexity index is 577. The van der Waals surface area contributed by atoms with E-state index in [2.05, 4.69) is 10.3 Å². The third kappa shape index (κ3) is 5.93. The Labute approximate surface area is 147 Å². The molecule has 0 bridgehead atoms. The minimum absolute atomic E-state index is 0. The highest BCUT2D eigenvalue weighted by Crippen LogP contribution is 2.17. The molecule has 1 heterocycles. The zero-order valence-corrected chi connectivity index (χ0v) is 14.9. The zero-order valence-electron chi connectivity index (χ0n) is 12.5. The van der Waals surface area contributed by atoms with Crippen LogP contribution >= 0.6 is 36.2 Å². The van der Waals surface area contributed by atoms with Gasteiger partial charge in [0.25, 0.3) is 0 Å². The number of thiazole rings is 1. The summed E-state index contributed by atoms with van der Waals surface area (Å²) in [5.41, 5.74) is 7.99. The molecular formula is C15H21Cl2N3OS. The molecule has 0 spiro atoms. The minimum atomic E-state index is -0.541. The van der Waals surface area contributed by atoms with E-state index in [1.54, 1.807) is 11.3 Å². The summed E-state index contributed by atoms with van der Waals surface area (Å²) in [7, 11) is 0. The topological polar surface area (TPSA) is 68.0 Å². The fourth-order valence-electron chi connectivity index (χ4n) is 1.91. The van der Waals surface area contributed by atoms with E-state index in [1.165, 1.54) is 0 Å². The van der Waals surface area contributed by atoms with Crippen LogP contribution in [0.25, 0.3) is 0 Å². The van der Waals surface area contributed by atoms with Crippen LogP contribution in [0.4, 0.5) is 0 Å². The van der Waals surface area contributed by atoms with E-state index >= 15 is 0 Å². The van der Waals surface area contributed by atoms with Crippen LogP contribution in [0.3, 0.4) is 0 Å². The van der Waals surface area contributed by atoms with Crippen molar-refractivity contribution in [2.75, 3.05) is 0 Å². The molecule has 0 aliphatic heterocycles. The Morgan fingerprint density at radius 2 is 1.95 bits per heavy atom. The first-order valence-corrected chi connectivity index (χ1v) is 7.46. The highest BCUT2D eigenvalue weighted by molar-refractivity contribution is 7.09. The lowest BCUT2D eigenvalue weighted by atomic mass is 10.1. The van der Waals surface area contributed by atoms with Gasteiger partial charge in [-0.05, 0) is 25.8 Å². The molecule has 22 heavy (non-hydrogen) atoms. The van der Waals surface area contributed by atoms with E-state index in [0.717, 1.165) is 16.3 Å². The Morgan fingerprint density at radius 3 is 2.50 bits per heavy atom. The van der Waals surface area contributed by atoms with Crippen molar-refractivity contribution < 1.29 is 4.79 Å². The number of carbonyl (C=O) groups is 1. The van der Waals surface area contributed by atoms with Gasteiger partial charge in [0.15, 0.2) is 0 Å². The van der Waals surface area contributed by atoms with Crippen molar-refractivity contribution in [3.8, 4) is 0 Å². The number of carbonyl (C=O) groups excluding carboxylic acids is 1. The van der Waals surface area contributed by atoms with Crippen LogP contribution in [-0.4, -0.2) is 16.9 Å². The molecule has 3 N–H and O–H groups in total. The first-order valence-electron chi connectivity index (χ1n) is 6.58. The van der Waals surface area contributed by atoms with Crippen molar-refractivity contribution in [2.24, 2.45) is 5.73 Å². The number of benzene rings is 1. The number of hydrogen-bond acceptors (Lipinski definition) is 4. The van der Waals surface area contributed by atoms with Gasteiger partial charge in [0.2, 0.25) is 5.91 Å². The van der Waals surface area contributed by atoms with Crippen LogP contribution in [0.5, 0.6) is 0 Å². The van der Waals surface area contributed by atoms with Gasteiger partial charge in [-0.15, -0.1) is 36.2 Å². The zero-order chi connectivity index (χ0) is 14.5. The summed E-state index contributed by atoms with van der Waals surface area (Å²) in [6.07, 6.45) is 0.538. The van der Waals surface area contributed by atoms with E-state index in [9.17, 15) is 4.79 Å². The predicted molar refractivity (Wildman–Crippen MR) is 96.0 cm³/mol. The van der Waals surface area contributed by atoms with Gasteiger partial charge in [0.1, 0.15) is 5.01 Å². The van der Waals surface area contributed by atoms with Crippen LogP contribution in [0.2, 0.25) is 0 Å². The molecule has 122 valence electrons. The molecule has 1 aromatic heterocycles. The smallest absolute Gasteiger partial charge is 0.237 e. The van der Waals surface area contributed by atoms with Gasteiger partial charge in [0, 0.05) is 11.1 Å². The monoisotopic (exact) mass is 361 g/mol. The summed E-state index contributed by atoms with van der Waals surface area (Å²) in [6.45, 7) is 3.86. The Kier molecular flexibility index (Phi) is 9.28. The van der Waals surface area contributed by atoms with E-state index in [0.29, 0.717) is 6.42 Å². The first-order chi connectivity index (χ1) is 9.56. The molecule has 0 aliphatic carbocycles. The Morgan fingerprint density at radius 1 is 1.32 bits per heavy atom. The Balaban J connectivity index is 0.00000220. The molecule has 2 aromatic rings. The lowest BCUT2D eigenvalue weighted by Gasteiger charge is -2.16. The maximum atomic E-state index is 12.1. The summed E-state index contributed by atoms with van der Waals surface area (Å²) >= 11 is 1.55. The molecular weight excluding hydrogens is 341 g/mol. The molecule has 1 aromatic carbocycles. The molecule has 0 radical (unpaired) electrons. The normalized spacial score (nSPS) is 12.5. The van der Waals surface area contributed by atoms with Crippen molar-refractivity contribution in [1.82, 2.24) is 10.3 Å². The van der Waals surface area contributed by atoms with Crippen LogP contribution in [0.15, 0.2) is 35.7 Å². The van der Waals surface area contributed by atoms with Crippen molar-refractivity contribution in [2.45, 2.75) is 32.4 Å². The summed E-state index contributed by atoms with van der Waals surface area (Å²) < 4.78 is 0. The van der Waals surface area contributed by atoms with E-state index in [1.807, 2.05) is 49.6 Å². The fraction of sp³-hybridized carbons (Fsp3) is 0.333. The third-order valence-electron chi connectivity index (χ3n) is 3.00. The average Bonchev–Trinajstić information content (AvgIpc) is 2.86. The molecule has 0 saturated heterocycles. The maximum Gasteiger partial charge on any atom is 0.237 e. The molecule has 0 fully saturated rings. The number of nitrogens with zero attached hydrogens (tertiary/aromatic N) is 1. The van der Waals surface area contributed by atoms with Gasteiger partial charge >= 0.3 is 0 Å². The summed E-state index contributed by atoms with van der Waals surface area (Å²) in [4.78, 5) is 16.4. The minimum Gasteiger partial charge on any atom is -0.346 e. The summed E-state index contributed by atoms with van der Waals surface area (Å²) in [5.74, 6) is -0.144. The number of nitrogens with two attached hydrogens (primary N) is 1. The Hall–Kier alpha value is -1.14. The number of aryl methyl sites for hydroxylation is 1. The number of amides is 1. The average molecular weight is 362 g/mol. The quantitative estimate of drug-likeness (QED) is 0.859. The number of nitrogens with one attached hydrogen (secondary N) is 1. The molecule has 4 nitrogen and oxygen atoms in total. The fourth-order valence-corrected chi connectivity index (χ4v) is 2.72. The van der Waals surface area contributed by atoms with Crippen LogP contribution in [-0.2, 0) is 11.2 Å². The molecule has 1 unspecified atom stereocenters. The molecule has 0 aliphatic rings. The number of aromatic nitrogens is 1. The van der Waals surface area contributed by atoms with Crippen molar-refractivity contribution >= 4 is 42.1 Å². The standard InChI is InChI=1S/C15H19N3OS.2ClH/c1-10-9-20-15(17-10)11(2)18-14(19)13(16)8-12-6-4-3-5-7-12;;/h3-7,9,11,13H,8,16H2,1-2H3,(H,18,19);2*1H/t11?,13-;;/m0../s1. The predicted octanol–water partition coefficient (Wildman–Crippen LogP) is 3.04. The van der Waals surface area contributed by atoms with Crippen molar-refractivity contribution in [1.29, 1.82) is 0 Å². The second-order valence-electron chi connectivity index (χ2n) is 4.85. The highest BCUT2D eigenvalue weighted by atomic mass is 35.5. The van der Waals surface area contributed by atoms with Gasteiger partial charge in [-0.2, -0.15) is 0 Å². The van der Waals surface area contributed by atoms with E-state index in [4.69, 9.17) is 5.73 Å². The largest absolute Gasteiger partial charge is 0.346 e. The van der Waals surface area contributed by atoms with Crippen LogP contribution < -0.4 is 11.1 Å². The molecule has 0 saturated carbocycles. The van der Waals surface area contributed by atoms with Gasteiger partial charge in [-0.1, -0.05) is 30.3 Å². The van der Waals surface area contributed by atoms with Gasteiger partial charge in [0.05, 0.1) is 12.1 Å². The maximum absolute atomic E-state index is 12.1. The molecule has 7 heteroatoms. The van der Waals surface area contributed by atoms with E-state index < -0.39 is 6.04 Å². The molecule has 2 atom stereocenters. The van der Waals surface area contributed by atoms with Crippen molar-refractivity contribution in [3.05, 3.63) is 52.0 Å². The first kappa shape index (κ1) is 20.9. The number of hydrogen-bond donors (Lipinski definition) is 2. The van der Waals surface area contributed by atoms with Gasteiger partial charge in [-0.3, -0.25) is 4.79 Å². The van der Waals surface area contributed by atoms with Crippen molar-refractivity contribution in [3.63, 3.8) is 0 Å². The lowest BCUT2D eigenvalue weighted by molar-refractivity contribution is -0.123. The second kappa shape index (κ2) is 9.79.